The fourth-order valence-corrected chi connectivity index (χ4v) is 14.5. The molecule has 1 unspecified atom stereocenters. The third kappa shape index (κ3) is 13.5. The number of hydrogen-bond acceptors (Lipinski definition) is 18. The van der Waals surface area contributed by atoms with Gasteiger partial charge in [-0.1, -0.05) is 64.9 Å². The molecule has 5 aliphatic rings. The van der Waals surface area contributed by atoms with Gasteiger partial charge in [-0.3, -0.25) is 33.6 Å². The third-order valence-electron chi connectivity index (χ3n) is 15.0. The largest absolute Gasteiger partial charge is 0.493 e. The van der Waals surface area contributed by atoms with E-state index in [9.17, 15) is 36.9 Å². The Hall–Kier alpha value is -7.15. The van der Waals surface area contributed by atoms with Crippen LogP contribution < -0.4 is 34.2 Å². The van der Waals surface area contributed by atoms with Crippen LogP contribution >= 0.6 is 21.6 Å². The van der Waals surface area contributed by atoms with Gasteiger partial charge in [-0.15, -0.1) is 5.06 Å². The second-order valence-corrected chi connectivity index (χ2v) is 26.5. The van der Waals surface area contributed by atoms with E-state index in [0.29, 0.717) is 92.2 Å². The Labute approximate surface area is 496 Å². The van der Waals surface area contributed by atoms with Crippen LogP contribution in [0.4, 0.5) is 28.4 Å². The highest BCUT2D eigenvalue weighted by molar-refractivity contribution is 8.77. The van der Waals surface area contributed by atoms with Crippen molar-refractivity contribution in [1.29, 1.82) is 0 Å². The lowest BCUT2D eigenvalue weighted by Crippen LogP contribution is -2.40. The number of fused-ring (bicyclic) bond motifs is 8. The number of rotatable bonds is 26. The number of ether oxygens (including phenoxy) is 5. The van der Waals surface area contributed by atoms with Crippen molar-refractivity contribution in [3.8, 4) is 17.2 Å². The number of amides is 4. The molecule has 23 heteroatoms. The molecule has 4 amide bonds. The van der Waals surface area contributed by atoms with Crippen LogP contribution in [0.1, 0.15) is 95.0 Å². The van der Waals surface area contributed by atoms with E-state index in [-0.39, 0.29) is 67.2 Å². The van der Waals surface area contributed by atoms with Gasteiger partial charge in [-0.25, -0.2) is 4.79 Å². The van der Waals surface area contributed by atoms with Crippen molar-refractivity contribution >= 4 is 96.0 Å². The number of benzene rings is 5. The molecule has 0 bridgehead atoms. The SMILES string of the molecule is CCCOCCOCCN(CC(C)(C)SSCCC(C(=O)ON1C(=O)CCC1=O)S(=O)(=O)O)c1cc(COc2cc3c(cc2C)C(=O)N2c4ccccc4C[C@H]2C=N3)cc(COc2cc3c(cc2OC)C(=O)N2c4ccccc4C[C@H]2CN3)c1. The minimum Gasteiger partial charge on any atom is -0.493 e. The summed E-state index contributed by atoms with van der Waals surface area (Å²) in [6.45, 7) is 11.3. The Kier molecular flexibility index (Phi) is 18.6. The zero-order valence-electron chi connectivity index (χ0n) is 47.5. The minimum absolute atomic E-state index is 0.0674. The van der Waals surface area contributed by atoms with E-state index in [2.05, 4.69) is 16.3 Å². The van der Waals surface area contributed by atoms with Crippen LogP contribution in [0, 0.1) is 6.92 Å². The number of aliphatic imine (C=N–C) groups is 1. The predicted molar refractivity (Wildman–Crippen MR) is 323 cm³/mol. The van der Waals surface area contributed by atoms with Crippen LogP contribution in [0.3, 0.4) is 0 Å². The number of imide groups is 1. The van der Waals surface area contributed by atoms with E-state index in [4.69, 9.17) is 33.5 Å². The summed E-state index contributed by atoms with van der Waals surface area (Å²) in [6.07, 6.45) is 3.39. The molecule has 3 atom stereocenters. The second-order valence-electron chi connectivity index (χ2n) is 21.8. The van der Waals surface area contributed by atoms with E-state index in [1.807, 2.05) is 123 Å². The first-order chi connectivity index (χ1) is 40.4. The van der Waals surface area contributed by atoms with E-state index in [1.54, 1.807) is 6.07 Å². The quantitative estimate of drug-likeness (QED) is 0.0227. The predicted octanol–water partition coefficient (Wildman–Crippen LogP) is 9.11. The van der Waals surface area contributed by atoms with Crippen LogP contribution in [0.15, 0.2) is 96.0 Å². The number of para-hydroxylation sites is 2. The van der Waals surface area contributed by atoms with Gasteiger partial charge < -0.3 is 43.6 Å². The maximum absolute atomic E-state index is 14.3. The molecule has 20 nitrogen and oxygen atoms in total. The topological polar surface area (TPSA) is 232 Å². The highest BCUT2D eigenvalue weighted by atomic mass is 33.1. The van der Waals surface area contributed by atoms with Crippen LogP contribution in [0.5, 0.6) is 17.2 Å². The average Bonchev–Trinajstić information content (AvgIpc) is 2.41. The van der Waals surface area contributed by atoms with Crippen molar-refractivity contribution in [2.45, 2.75) is 102 Å². The highest BCUT2D eigenvalue weighted by Crippen LogP contribution is 2.43. The summed E-state index contributed by atoms with van der Waals surface area (Å²) in [4.78, 5) is 81.3. The van der Waals surface area contributed by atoms with E-state index in [0.717, 1.165) is 57.7 Å². The summed E-state index contributed by atoms with van der Waals surface area (Å²) in [5.41, 5.74) is 9.22. The van der Waals surface area contributed by atoms with Crippen molar-refractivity contribution in [3.05, 3.63) is 130 Å². The van der Waals surface area contributed by atoms with Gasteiger partial charge in [0.25, 0.3) is 33.7 Å². The molecule has 444 valence electrons. The zero-order valence-corrected chi connectivity index (χ0v) is 49.9. The number of hydrogen-bond donors (Lipinski definition) is 2. The van der Waals surface area contributed by atoms with Gasteiger partial charge in [0, 0.05) is 91.4 Å². The van der Waals surface area contributed by atoms with Crippen molar-refractivity contribution in [3.63, 3.8) is 0 Å². The molecule has 5 aliphatic heterocycles. The fraction of sp³-hybridized carbons (Fsp3) is 0.410. The number of hydroxylamine groups is 2. The lowest BCUT2D eigenvalue weighted by atomic mass is 10.1. The van der Waals surface area contributed by atoms with E-state index < -0.39 is 37.9 Å². The summed E-state index contributed by atoms with van der Waals surface area (Å²) in [6, 6.07) is 28.9. The Morgan fingerprint density at radius 1 is 0.810 bits per heavy atom. The molecule has 1 fully saturated rings. The lowest BCUT2D eigenvalue weighted by Gasteiger charge is -2.34. The molecule has 0 saturated carbocycles. The minimum atomic E-state index is -4.98. The molecule has 0 spiro atoms. The standard InChI is InChI=1S/C61H68N6O14S3/c1-6-19-77-21-22-78-20-18-64(37-61(3,4)83-82-23-17-55(84(73,74)75)60(72)81-67-56(68)15-16-57(67)69)43-26-39(35-79-52-31-48-46(24-38(52)2)58(70)65-44(33-62-48)28-41-11-7-9-13-50(41)65)25-40(27-43)36-80-54-32-49-47(30-53(54)76-5)59(71)66-45(34-63-49)29-42-12-8-10-14-51(42)66/h7-14,24-27,30-33,44-45,55,63H,6,15-23,28-29,34-37H2,1-5H3,(H,73,74,75)/t44-,45-,55?/m0/s1. The molecule has 5 aromatic carbocycles. The molecule has 5 heterocycles. The molecule has 5 aromatic rings. The Balaban J connectivity index is 0.915. The van der Waals surface area contributed by atoms with Crippen molar-refractivity contribution < 1.29 is 65.5 Å². The number of anilines is 4. The first-order valence-corrected chi connectivity index (χ1v) is 31.8. The average molecular weight is 1210 g/mol. The van der Waals surface area contributed by atoms with Gasteiger partial charge >= 0.3 is 5.97 Å². The fourth-order valence-electron chi connectivity index (χ4n) is 11.0. The molecule has 0 aliphatic carbocycles. The van der Waals surface area contributed by atoms with Gasteiger partial charge in [0.05, 0.1) is 61.5 Å². The Morgan fingerprint density at radius 3 is 2.15 bits per heavy atom. The van der Waals surface area contributed by atoms with Gasteiger partial charge in [-0.2, -0.15) is 8.42 Å². The number of methoxy groups -OCH3 is 1. The Bertz CT molecular complexity index is 3470. The molecule has 2 N–H and O–H groups in total. The Morgan fingerprint density at radius 2 is 1.46 bits per heavy atom. The van der Waals surface area contributed by atoms with Gasteiger partial charge in [0.2, 0.25) is 0 Å². The van der Waals surface area contributed by atoms with Crippen molar-refractivity contribution in [1.82, 2.24) is 5.06 Å². The maximum atomic E-state index is 14.3. The summed E-state index contributed by atoms with van der Waals surface area (Å²) >= 11 is 0. The smallest absolute Gasteiger partial charge is 0.353 e. The molecule has 0 radical (unpaired) electrons. The maximum Gasteiger partial charge on any atom is 0.353 e. The first kappa shape index (κ1) is 60.0. The van der Waals surface area contributed by atoms with Gasteiger partial charge in [0.1, 0.15) is 19.0 Å². The van der Waals surface area contributed by atoms with Crippen molar-refractivity contribution in [2.75, 3.05) is 78.9 Å². The highest BCUT2D eigenvalue weighted by Gasteiger charge is 2.41. The van der Waals surface area contributed by atoms with Crippen molar-refractivity contribution in [2.24, 2.45) is 4.99 Å². The van der Waals surface area contributed by atoms with E-state index in [1.165, 1.54) is 28.7 Å². The van der Waals surface area contributed by atoms with E-state index >= 15 is 0 Å². The second kappa shape index (κ2) is 26.0. The molecule has 1 saturated heterocycles. The number of nitrogens with one attached hydrogen (secondary N) is 1. The summed E-state index contributed by atoms with van der Waals surface area (Å²) in [7, 11) is -0.705. The summed E-state index contributed by atoms with van der Waals surface area (Å²) in [5, 5.41) is 1.74. The molecule has 84 heavy (non-hydrogen) atoms. The lowest BCUT2D eigenvalue weighted by molar-refractivity contribution is -0.197. The molecular formula is C61H68N6O14S3. The number of nitrogens with zero attached hydrogens (tertiary/aromatic N) is 5. The molecule has 0 aromatic heterocycles. The number of carbonyl (C=O) groups is 5. The van der Waals surface area contributed by atoms with Crippen LogP contribution in [0.25, 0.3) is 0 Å². The molecular weight excluding hydrogens is 1140 g/mol. The normalized spacial score (nSPS) is 17.3. The zero-order chi connectivity index (χ0) is 59.3. The monoisotopic (exact) mass is 1200 g/mol. The van der Waals surface area contributed by atoms with Crippen LogP contribution in [0.2, 0.25) is 0 Å². The molecule has 10 rings (SSSR count). The summed E-state index contributed by atoms with van der Waals surface area (Å²) in [5.74, 6) is -1.80. The summed E-state index contributed by atoms with van der Waals surface area (Å²) < 4.78 is 65.3. The number of aryl methyl sites for hydroxylation is 1. The number of carbonyl (C=O) groups excluding carboxylic acids is 5. The first-order valence-electron chi connectivity index (χ1n) is 28.0. The van der Waals surface area contributed by atoms with Gasteiger partial charge in [0.15, 0.2) is 16.7 Å². The van der Waals surface area contributed by atoms with Crippen LogP contribution in [-0.2, 0) is 64.9 Å². The third-order valence-corrected chi connectivity index (χ3v) is 19.5. The van der Waals surface area contributed by atoms with Crippen LogP contribution in [-0.4, -0.2) is 135 Å². The van der Waals surface area contributed by atoms with Gasteiger partial charge in [-0.05, 0) is 110 Å².